The Morgan fingerprint density at radius 3 is 2.71 bits per heavy atom. The summed E-state index contributed by atoms with van der Waals surface area (Å²) in [5, 5.41) is 6.14. The Morgan fingerprint density at radius 2 is 2.07 bits per heavy atom. The molecule has 0 aliphatic carbocycles. The lowest BCUT2D eigenvalue weighted by atomic mass is 10.2. The lowest BCUT2D eigenvalue weighted by molar-refractivity contribution is -0.137. The van der Waals surface area contributed by atoms with Gasteiger partial charge in [0.15, 0.2) is 11.5 Å². The van der Waals surface area contributed by atoms with Gasteiger partial charge in [-0.2, -0.15) is 18.3 Å². The Bertz CT molecular complexity index is 473. The molecule has 0 unspecified atom stereocenters. The van der Waals surface area contributed by atoms with Gasteiger partial charge in [0.2, 0.25) is 0 Å². The van der Waals surface area contributed by atoms with E-state index < -0.39 is 11.7 Å². The minimum absolute atomic E-state index is 0.0126. The van der Waals surface area contributed by atoms with Gasteiger partial charge in [0, 0.05) is 6.20 Å². The molecule has 4 nitrogen and oxygen atoms in total. The predicted molar refractivity (Wildman–Crippen MR) is 43.3 cm³/mol. The van der Waals surface area contributed by atoms with Gasteiger partial charge in [0.25, 0.3) is 0 Å². The average molecular weight is 202 g/mol. The third-order valence-electron chi connectivity index (χ3n) is 1.77. The van der Waals surface area contributed by atoms with Crippen LogP contribution in [0.3, 0.4) is 0 Å². The number of H-pyrrole nitrogens is 1. The van der Waals surface area contributed by atoms with Crippen molar-refractivity contribution in [2.45, 2.75) is 6.18 Å². The molecule has 0 saturated carbocycles. The Labute approximate surface area is 75.9 Å². The van der Waals surface area contributed by atoms with Gasteiger partial charge in [-0.3, -0.25) is 5.10 Å². The zero-order chi connectivity index (χ0) is 10.3. The van der Waals surface area contributed by atoms with Crippen molar-refractivity contribution >= 4 is 16.9 Å². The molecule has 0 atom stereocenters. The molecule has 0 aliphatic rings. The van der Waals surface area contributed by atoms with Gasteiger partial charge in [-0.05, 0) is 6.07 Å². The number of nitrogens with zero attached hydrogens (tertiary/aromatic N) is 2. The van der Waals surface area contributed by atoms with E-state index in [0.29, 0.717) is 0 Å². The van der Waals surface area contributed by atoms with Crippen molar-refractivity contribution in [1.82, 2.24) is 15.2 Å². The average Bonchev–Trinajstić information content (AvgIpc) is 2.46. The van der Waals surface area contributed by atoms with E-state index in [1.807, 2.05) is 0 Å². The van der Waals surface area contributed by atoms with E-state index in [4.69, 9.17) is 5.73 Å². The number of halogens is 3. The topological polar surface area (TPSA) is 67.6 Å². The molecule has 0 amide bonds. The number of pyridine rings is 1. The molecule has 2 aromatic heterocycles. The summed E-state index contributed by atoms with van der Waals surface area (Å²) in [7, 11) is 0. The van der Waals surface area contributed by atoms with Gasteiger partial charge in [-0.15, -0.1) is 0 Å². The van der Waals surface area contributed by atoms with E-state index in [1.165, 1.54) is 0 Å². The smallest absolute Gasteiger partial charge is 0.382 e. The number of aromatic nitrogens is 3. The van der Waals surface area contributed by atoms with Crippen molar-refractivity contribution in [2.75, 3.05) is 5.73 Å². The van der Waals surface area contributed by atoms with E-state index in [-0.39, 0.29) is 16.9 Å². The normalized spacial score (nSPS) is 12.2. The lowest BCUT2D eigenvalue weighted by Crippen LogP contribution is -2.05. The van der Waals surface area contributed by atoms with Crippen LogP contribution in [0, 0.1) is 0 Å². The molecule has 0 spiro atoms. The highest BCUT2D eigenvalue weighted by molar-refractivity contribution is 5.86. The molecule has 0 aromatic carbocycles. The lowest BCUT2D eigenvalue weighted by Gasteiger charge is -2.04. The highest BCUT2D eigenvalue weighted by Gasteiger charge is 2.31. The van der Waals surface area contributed by atoms with Crippen molar-refractivity contribution in [2.24, 2.45) is 0 Å². The van der Waals surface area contributed by atoms with E-state index in [2.05, 4.69) is 15.2 Å². The summed E-state index contributed by atoms with van der Waals surface area (Å²) in [4.78, 5) is 3.55. The Hall–Kier alpha value is -1.79. The maximum Gasteiger partial charge on any atom is 0.417 e. The second-order valence-corrected chi connectivity index (χ2v) is 2.73. The number of hydrogen-bond acceptors (Lipinski definition) is 3. The molecule has 7 heteroatoms. The van der Waals surface area contributed by atoms with Crippen LogP contribution < -0.4 is 5.73 Å². The zero-order valence-corrected chi connectivity index (χ0v) is 6.76. The largest absolute Gasteiger partial charge is 0.417 e. The minimum atomic E-state index is -4.41. The van der Waals surface area contributed by atoms with Crippen molar-refractivity contribution in [3.63, 3.8) is 0 Å². The maximum atomic E-state index is 12.2. The van der Waals surface area contributed by atoms with Crippen molar-refractivity contribution < 1.29 is 13.2 Å². The van der Waals surface area contributed by atoms with E-state index in [0.717, 1.165) is 12.3 Å². The molecule has 0 aliphatic heterocycles. The van der Waals surface area contributed by atoms with Crippen LogP contribution in [0.2, 0.25) is 0 Å². The molecule has 2 rings (SSSR count). The summed E-state index contributed by atoms with van der Waals surface area (Å²) in [6.07, 6.45) is -3.68. The molecule has 0 saturated heterocycles. The Morgan fingerprint density at radius 1 is 1.36 bits per heavy atom. The number of hydrogen-bond donors (Lipinski definition) is 2. The Balaban J connectivity index is 2.66. The van der Waals surface area contributed by atoms with Gasteiger partial charge < -0.3 is 5.73 Å². The van der Waals surface area contributed by atoms with E-state index >= 15 is 0 Å². The van der Waals surface area contributed by atoms with Crippen LogP contribution in [0.25, 0.3) is 11.0 Å². The number of nitrogens with one attached hydrogen (secondary N) is 1. The second kappa shape index (κ2) is 2.60. The monoisotopic (exact) mass is 202 g/mol. The van der Waals surface area contributed by atoms with E-state index in [1.54, 1.807) is 0 Å². The van der Waals surface area contributed by atoms with Gasteiger partial charge in [-0.25, -0.2) is 4.98 Å². The highest BCUT2D eigenvalue weighted by atomic mass is 19.4. The van der Waals surface area contributed by atoms with Crippen LogP contribution in [-0.4, -0.2) is 15.2 Å². The molecule has 0 fully saturated rings. The van der Waals surface area contributed by atoms with Crippen molar-refractivity contribution in [1.29, 1.82) is 0 Å². The van der Waals surface area contributed by atoms with Gasteiger partial charge in [0.05, 0.1) is 10.9 Å². The van der Waals surface area contributed by atoms with Crippen molar-refractivity contribution in [3.8, 4) is 0 Å². The van der Waals surface area contributed by atoms with Crippen LogP contribution in [0.1, 0.15) is 5.56 Å². The first-order valence-electron chi connectivity index (χ1n) is 3.65. The number of alkyl halides is 3. The summed E-state index contributed by atoms with van der Waals surface area (Å²) in [5.41, 5.74) is 4.75. The van der Waals surface area contributed by atoms with Crippen LogP contribution >= 0.6 is 0 Å². The molecule has 74 valence electrons. The first-order chi connectivity index (χ1) is 6.48. The predicted octanol–water partition coefficient (Wildman–Crippen LogP) is 1.56. The summed E-state index contributed by atoms with van der Waals surface area (Å²) in [6, 6.07) is 0.918. The fourth-order valence-corrected chi connectivity index (χ4v) is 1.08. The van der Waals surface area contributed by atoms with Crippen LogP contribution in [0.15, 0.2) is 12.3 Å². The molecule has 2 aromatic rings. The summed E-state index contributed by atoms with van der Waals surface area (Å²) >= 11 is 0. The van der Waals surface area contributed by atoms with Gasteiger partial charge in [-0.1, -0.05) is 0 Å². The van der Waals surface area contributed by atoms with Crippen LogP contribution in [0.5, 0.6) is 0 Å². The zero-order valence-electron chi connectivity index (χ0n) is 6.76. The molecule has 14 heavy (non-hydrogen) atoms. The number of nitrogen functional groups attached to an aromatic ring is 1. The third kappa shape index (κ3) is 1.26. The SMILES string of the molecule is Nc1n[nH]c2ncc(C(F)(F)F)cc12. The number of aromatic amines is 1. The third-order valence-corrected chi connectivity index (χ3v) is 1.77. The van der Waals surface area contributed by atoms with Crippen LogP contribution in [-0.2, 0) is 6.18 Å². The number of nitrogens with two attached hydrogens (primary N) is 1. The number of fused-ring (bicyclic) bond motifs is 1. The first kappa shape index (κ1) is 8.79. The maximum absolute atomic E-state index is 12.2. The molecule has 2 heterocycles. The van der Waals surface area contributed by atoms with Crippen molar-refractivity contribution in [3.05, 3.63) is 17.8 Å². The first-order valence-corrected chi connectivity index (χ1v) is 3.65. The van der Waals surface area contributed by atoms with E-state index in [9.17, 15) is 13.2 Å². The molecule has 3 N–H and O–H groups in total. The fourth-order valence-electron chi connectivity index (χ4n) is 1.08. The summed E-state index contributed by atoms with van der Waals surface area (Å²) in [6.45, 7) is 0. The molecular formula is C7H5F3N4. The van der Waals surface area contributed by atoms with Gasteiger partial charge >= 0.3 is 6.18 Å². The van der Waals surface area contributed by atoms with Crippen LogP contribution in [0.4, 0.5) is 19.0 Å². The summed E-state index contributed by atoms with van der Waals surface area (Å²) in [5.74, 6) is 0.0126. The minimum Gasteiger partial charge on any atom is -0.382 e. The molecule has 0 radical (unpaired) electrons. The molecular weight excluding hydrogens is 197 g/mol. The number of anilines is 1. The molecule has 0 bridgehead atoms. The highest BCUT2D eigenvalue weighted by Crippen LogP contribution is 2.30. The standard InChI is InChI=1S/C7H5F3N4/c8-7(9,10)3-1-4-5(11)13-14-6(4)12-2-3/h1-2H,(H3,11,12,13,14). The van der Waals surface area contributed by atoms with Gasteiger partial charge in [0.1, 0.15) is 0 Å². The summed E-state index contributed by atoms with van der Waals surface area (Å²) < 4.78 is 36.7. The Kier molecular flexibility index (Phi) is 1.63. The quantitative estimate of drug-likeness (QED) is 0.681. The second-order valence-electron chi connectivity index (χ2n) is 2.73. The number of rotatable bonds is 0. The fraction of sp³-hybridized carbons (Fsp3) is 0.143.